The van der Waals surface area contributed by atoms with Crippen molar-refractivity contribution in [1.82, 2.24) is 20.4 Å². The number of aromatic nitrogens is 2. The molecule has 1 atom stereocenters. The molecule has 0 spiro atoms. The number of fused-ring (bicyclic) bond motifs is 1. The monoisotopic (exact) mass is 300 g/mol. The number of benzene rings is 1. The summed E-state index contributed by atoms with van der Waals surface area (Å²) >= 11 is 0. The van der Waals surface area contributed by atoms with Crippen molar-refractivity contribution in [3.8, 4) is 0 Å². The van der Waals surface area contributed by atoms with Gasteiger partial charge >= 0.3 is 0 Å². The van der Waals surface area contributed by atoms with Gasteiger partial charge in [0.2, 0.25) is 5.91 Å². The highest BCUT2D eigenvalue weighted by Gasteiger charge is 2.17. The van der Waals surface area contributed by atoms with E-state index < -0.39 is 0 Å². The largest absolute Gasteiger partial charge is 0.354 e. The Balaban J connectivity index is 1.56. The first-order chi connectivity index (χ1) is 10.7. The minimum absolute atomic E-state index is 0.0440. The first-order valence-corrected chi connectivity index (χ1v) is 7.66. The molecule has 1 saturated heterocycles. The molecule has 0 bridgehead atoms. The predicted octanol–water partition coefficient (Wildman–Crippen LogP) is 0.512. The van der Waals surface area contributed by atoms with Crippen molar-refractivity contribution in [3.63, 3.8) is 0 Å². The van der Waals surface area contributed by atoms with Crippen LogP contribution in [0.3, 0.4) is 0 Å². The third kappa shape index (κ3) is 3.33. The van der Waals surface area contributed by atoms with Crippen LogP contribution >= 0.6 is 0 Å². The van der Waals surface area contributed by atoms with E-state index in [1.54, 1.807) is 12.3 Å². The maximum absolute atomic E-state index is 12.3. The predicted molar refractivity (Wildman–Crippen MR) is 84.6 cm³/mol. The number of carbonyl (C=O) groups is 1. The van der Waals surface area contributed by atoms with Crippen molar-refractivity contribution in [3.05, 3.63) is 40.8 Å². The summed E-state index contributed by atoms with van der Waals surface area (Å²) in [7, 11) is 0. The zero-order valence-electron chi connectivity index (χ0n) is 12.4. The molecule has 1 fully saturated rings. The van der Waals surface area contributed by atoms with E-state index in [4.69, 9.17) is 0 Å². The van der Waals surface area contributed by atoms with Crippen LogP contribution in [0.15, 0.2) is 35.3 Å². The zero-order valence-corrected chi connectivity index (χ0v) is 12.4. The summed E-state index contributed by atoms with van der Waals surface area (Å²) in [5.74, 6) is 0.476. The van der Waals surface area contributed by atoms with E-state index in [9.17, 15) is 9.59 Å². The molecule has 0 aliphatic carbocycles. The van der Waals surface area contributed by atoms with Gasteiger partial charge in [0.15, 0.2) is 0 Å². The highest BCUT2D eigenvalue weighted by molar-refractivity contribution is 5.80. The Bertz CT molecular complexity index is 719. The lowest BCUT2D eigenvalue weighted by atomic mass is 10.0. The Labute approximate surface area is 128 Å². The molecule has 1 aliphatic rings. The van der Waals surface area contributed by atoms with Gasteiger partial charge in [0, 0.05) is 18.4 Å². The van der Waals surface area contributed by atoms with E-state index >= 15 is 0 Å². The van der Waals surface area contributed by atoms with Crippen LogP contribution in [0, 0.1) is 5.92 Å². The number of carbonyl (C=O) groups excluding carboxylic acids is 1. The van der Waals surface area contributed by atoms with Crippen molar-refractivity contribution in [1.29, 1.82) is 0 Å². The molecular formula is C16H20N4O2. The summed E-state index contributed by atoms with van der Waals surface area (Å²) in [4.78, 5) is 24.1. The van der Waals surface area contributed by atoms with Crippen molar-refractivity contribution in [2.24, 2.45) is 5.92 Å². The molecule has 1 aliphatic heterocycles. The average molecular weight is 300 g/mol. The highest BCUT2D eigenvalue weighted by atomic mass is 16.1. The summed E-state index contributed by atoms with van der Waals surface area (Å²) in [5.41, 5.74) is -0.118. The van der Waals surface area contributed by atoms with Crippen LogP contribution < -0.4 is 16.2 Å². The van der Waals surface area contributed by atoms with Crippen molar-refractivity contribution in [2.75, 3.05) is 19.6 Å². The second-order valence-corrected chi connectivity index (χ2v) is 5.67. The first-order valence-electron chi connectivity index (χ1n) is 7.66. The Hall–Kier alpha value is -2.21. The number of amides is 1. The molecule has 3 rings (SSSR count). The molecule has 1 aromatic carbocycles. The molecule has 1 aromatic heterocycles. The molecule has 22 heavy (non-hydrogen) atoms. The van der Waals surface area contributed by atoms with Gasteiger partial charge in [0.1, 0.15) is 0 Å². The fourth-order valence-corrected chi connectivity index (χ4v) is 2.81. The van der Waals surface area contributed by atoms with Crippen LogP contribution in [0.1, 0.15) is 12.8 Å². The first kappa shape index (κ1) is 14.7. The third-order valence-electron chi connectivity index (χ3n) is 4.04. The van der Waals surface area contributed by atoms with Crippen LogP contribution in [0.4, 0.5) is 0 Å². The van der Waals surface area contributed by atoms with E-state index in [1.807, 2.05) is 18.2 Å². The van der Waals surface area contributed by atoms with Gasteiger partial charge in [0.25, 0.3) is 5.56 Å². The van der Waals surface area contributed by atoms with Gasteiger partial charge in [-0.1, -0.05) is 18.2 Å². The van der Waals surface area contributed by atoms with E-state index in [0.29, 0.717) is 30.8 Å². The smallest absolute Gasteiger partial charge is 0.274 e. The molecule has 2 heterocycles. The minimum atomic E-state index is -0.118. The van der Waals surface area contributed by atoms with Crippen LogP contribution in [0.2, 0.25) is 0 Å². The van der Waals surface area contributed by atoms with Crippen molar-refractivity contribution in [2.45, 2.75) is 19.4 Å². The maximum atomic E-state index is 12.3. The number of hydrogen-bond acceptors (Lipinski definition) is 4. The van der Waals surface area contributed by atoms with Crippen LogP contribution in [0.25, 0.3) is 10.8 Å². The third-order valence-corrected chi connectivity index (χ3v) is 4.04. The molecule has 2 N–H and O–H groups in total. The van der Waals surface area contributed by atoms with Gasteiger partial charge in [-0.25, -0.2) is 4.68 Å². The van der Waals surface area contributed by atoms with E-state index in [1.165, 1.54) is 4.68 Å². The quantitative estimate of drug-likeness (QED) is 0.844. The standard InChI is InChI=1S/C16H20N4O2/c21-15(9-12-5-6-17-10-12)18-7-8-20-16(22)14-4-2-1-3-13(14)11-19-20/h1-4,11-12,17H,5-10H2,(H,18,21)/t12-/m0/s1. The lowest BCUT2D eigenvalue weighted by Gasteiger charge is -2.10. The Kier molecular flexibility index (Phi) is 4.48. The summed E-state index contributed by atoms with van der Waals surface area (Å²) in [6.45, 7) is 2.72. The molecular weight excluding hydrogens is 280 g/mol. The second kappa shape index (κ2) is 6.70. The van der Waals surface area contributed by atoms with Crippen LogP contribution in [-0.4, -0.2) is 35.3 Å². The Morgan fingerprint density at radius 1 is 1.41 bits per heavy atom. The van der Waals surface area contributed by atoms with E-state index in [-0.39, 0.29) is 11.5 Å². The summed E-state index contributed by atoms with van der Waals surface area (Å²) < 4.78 is 1.40. The summed E-state index contributed by atoms with van der Waals surface area (Å²) in [6, 6.07) is 7.38. The van der Waals surface area contributed by atoms with Crippen molar-refractivity contribution >= 4 is 16.7 Å². The van der Waals surface area contributed by atoms with Gasteiger partial charge in [-0.2, -0.15) is 5.10 Å². The average Bonchev–Trinajstić information content (AvgIpc) is 3.03. The fourth-order valence-electron chi connectivity index (χ4n) is 2.81. The molecule has 0 unspecified atom stereocenters. The molecule has 0 saturated carbocycles. The summed E-state index contributed by atoms with van der Waals surface area (Å²) in [5, 5.41) is 11.8. The Morgan fingerprint density at radius 3 is 3.09 bits per heavy atom. The van der Waals surface area contributed by atoms with Gasteiger partial charge < -0.3 is 10.6 Å². The van der Waals surface area contributed by atoms with E-state index in [2.05, 4.69) is 15.7 Å². The number of hydrogen-bond donors (Lipinski definition) is 2. The molecule has 1 amide bonds. The lowest BCUT2D eigenvalue weighted by Crippen LogP contribution is -2.33. The normalized spacial score (nSPS) is 17.7. The number of rotatable bonds is 5. The van der Waals surface area contributed by atoms with Crippen LogP contribution in [0.5, 0.6) is 0 Å². The van der Waals surface area contributed by atoms with Gasteiger partial charge in [-0.05, 0) is 31.5 Å². The van der Waals surface area contributed by atoms with Crippen molar-refractivity contribution < 1.29 is 4.79 Å². The second-order valence-electron chi connectivity index (χ2n) is 5.67. The van der Waals surface area contributed by atoms with Crippen LogP contribution in [-0.2, 0) is 11.3 Å². The summed E-state index contributed by atoms with van der Waals surface area (Å²) in [6.07, 6.45) is 3.29. The Morgan fingerprint density at radius 2 is 2.27 bits per heavy atom. The molecule has 0 radical (unpaired) electrons. The lowest BCUT2D eigenvalue weighted by molar-refractivity contribution is -0.121. The topological polar surface area (TPSA) is 76.0 Å². The molecule has 6 nitrogen and oxygen atoms in total. The maximum Gasteiger partial charge on any atom is 0.274 e. The molecule has 6 heteroatoms. The van der Waals surface area contributed by atoms with Gasteiger partial charge in [-0.15, -0.1) is 0 Å². The highest BCUT2D eigenvalue weighted by Crippen LogP contribution is 2.11. The molecule has 116 valence electrons. The fraction of sp³-hybridized carbons (Fsp3) is 0.438. The minimum Gasteiger partial charge on any atom is -0.354 e. The van der Waals surface area contributed by atoms with E-state index in [0.717, 1.165) is 24.9 Å². The number of nitrogens with one attached hydrogen (secondary N) is 2. The van der Waals surface area contributed by atoms with Gasteiger partial charge in [0.05, 0.1) is 18.1 Å². The molecule has 2 aromatic rings. The zero-order chi connectivity index (χ0) is 15.4. The number of nitrogens with zero attached hydrogens (tertiary/aromatic N) is 2. The SMILES string of the molecule is O=C(C[C@@H]1CCNC1)NCCn1ncc2ccccc2c1=O. The van der Waals surface area contributed by atoms with Gasteiger partial charge in [-0.3, -0.25) is 9.59 Å².